The number of likely N-dealkylation sites (tertiary alicyclic amines) is 1. The van der Waals surface area contributed by atoms with Crippen molar-refractivity contribution in [3.8, 4) is 5.88 Å². The van der Waals surface area contributed by atoms with Crippen LogP contribution in [0.5, 0.6) is 5.88 Å². The number of hydrogen-bond donors (Lipinski definition) is 1. The van der Waals surface area contributed by atoms with E-state index in [-0.39, 0.29) is 11.7 Å². The number of hydrogen-bond acceptors (Lipinski definition) is 7. The maximum Gasteiger partial charge on any atom is 0.416 e. The minimum atomic E-state index is -4.34. The Morgan fingerprint density at radius 2 is 1.56 bits per heavy atom. The molecule has 0 saturated carbocycles. The molecule has 226 valence electrons. The Morgan fingerprint density at radius 1 is 0.884 bits per heavy atom. The molecule has 0 spiro atoms. The van der Waals surface area contributed by atoms with Crippen molar-refractivity contribution >= 4 is 17.1 Å². The summed E-state index contributed by atoms with van der Waals surface area (Å²) in [4.78, 5) is 36.4. The average Bonchev–Trinajstić information content (AvgIpc) is 3.45. The van der Waals surface area contributed by atoms with Crippen LogP contribution < -0.4 is 4.74 Å². The standard InChI is InChI=1S/C31H34F3N7O2/c1-43-27-9-4-22(18-35-27)20-39-12-10-23(11-13-39)25-7-8-26-28(36-25)38-29(37-26)30(42)41-16-14-40(15-17-41)19-21-2-5-24(6-3-21)31(32,33)34/h2-9,18,23H,10-17,19-20H2,1H3,(H,36,37,38). The van der Waals surface area contributed by atoms with Crippen LogP contribution in [0.4, 0.5) is 13.2 Å². The van der Waals surface area contributed by atoms with Crippen LogP contribution in [0, 0.1) is 0 Å². The number of fused-ring (bicyclic) bond motifs is 1. The van der Waals surface area contributed by atoms with E-state index in [0.717, 1.165) is 61.4 Å². The molecule has 0 radical (unpaired) electrons. The number of pyridine rings is 2. The summed E-state index contributed by atoms with van der Waals surface area (Å²) >= 11 is 0. The van der Waals surface area contributed by atoms with Gasteiger partial charge in [-0.2, -0.15) is 13.2 Å². The Balaban J connectivity index is 1.01. The van der Waals surface area contributed by atoms with E-state index in [1.54, 1.807) is 12.0 Å². The van der Waals surface area contributed by atoms with Crippen LogP contribution in [-0.4, -0.2) is 86.9 Å². The van der Waals surface area contributed by atoms with E-state index in [2.05, 4.69) is 24.8 Å². The average molecular weight is 594 g/mol. The Hall–Kier alpha value is -4.03. The lowest BCUT2D eigenvalue weighted by Crippen LogP contribution is -2.48. The molecule has 1 amide bonds. The van der Waals surface area contributed by atoms with Crippen LogP contribution >= 0.6 is 0 Å². The van der Waals surface area contributed by atoms with E-state index in [1.165, 1.54) is 12.1 Å². The van der Waals surface area contributed by atoms with Crippen LogP contribution in [0.2, 0.25) is 0 Å². The van der Waals surface area contributed by atoms with Crippen LogP contribution in [0.15, 0.2) is 54.7 Å². The van der Waals surface area contributed by atoms with Crippen molar-refractivity contribution in [2.45, 2.75) is 38.0 Å². The molecule has 0 bridgehead atoms. The number of aromatic nitrogens is 4. The topological polar surface area (TPSA) is 90.5 Å². The molecule has 2 fully saturated rings. The molecule has 4 aromatic rings. The lowest BCUT2D eigenvalue weighted by molar-refractivity contribution is -0.137. The first-order valence-corrected chi connectivity index (χ1v) is 14.5. The monoisotopic (exact) mass is 593 g/mol. The fourth-order valence-corrected chi connectivity index (χ4v) is 5.82. The van der Waals surface area contributed by atoms with Gasteiger partial charge in [-0.25, -0.2) is 15.0 Å². The normalized spacial score (nSPS) is 17.4. The van der Waals surface area contributed by atoms with Crippen LogP contribution in [0.3, 0.4) is 0 Å². The second-order valence-corrected chi connectivity index (χ2v) is 11.2. The van der Waals surface area contributed by atoms with E-state index < -0.39 is 11.7 Å². The van der Waals surface area contributed by atoms with Gasteiger partial charge in [0.1, 0.15) is 5.52 Å². The van der Waals surface area contributed by atoms with E-state index in [0.29, 0.717) is 55.7 Å². The maximum absolute atomic E-state index is 13.2. The highest BCUT2D eigenvalue weighted by Crippen LogP contribution is 2.30. The zero-order valence-corrected chi connectivity index (χ0v) is 24.0. The number of amides is 1. The van der Waals surface area contributed by atoms with E-state index in [1.807, 2.05) is 30.5 Å². The molecule has 2 aliphatic rings. The minimum Gasteiger partial charge on any atom is -0.481 e. The highest BCUT2D eigenvalue weighted by molar-refractivity contribution is 5.93. The van der Waals surface area contributed by atoms with Crippen LogP contribution in [-0.2, 0) is 19.3 Å². The SMILES string of the molecule is COc1ccc(CN2CCC(c3ccc4nc(C(=O)N5CCN(Cc6ccc(C(F)(F)F)cc6)CC5)[nH]c4n3)CC2)cn1. The summed E-state index contributed by atoms with van der Waals surface area (Å²) in [6.45, 7) is 5.61. The summed E-state index contributed by atoms with van der Waals surface area (Å²) in [5, 5.41) is 0. The molecule has 1 aromatic carbocycles. The summed E-state index contributed by atoms with van der Waals surface area (Å²) in [6, 6.07) is 13.1. The summed E-state index contributed by atoms with van der Waals surface area (Å²) < 4.78 is 43.7. The van der Waals surface area contributed by atoms with Gasteiger partial charge in [0.05, 0.1) is 12.7 Å². The fraction of sp³-hybridized carbons (Fsp3) is 0.419. The first kappa shape index (κ1) is 29.1. The maximum atomic E-state index is 13.2. The van der Waals surface area contributed by atoms with Gasteiger partial charge in [0.25, 0.3) is 5.91 Å². The number of carbonyl (C=O) groups excluding carboxylic acids is 1. The highest BCUT2D eigenvalue weighted by Gasteiger charge is 2.30. The number of nitrogens with zero attached hydrogens (tertiary/aromatic N) is 6. The molecule has 12 heteroatoms. The molecular formula is C31H34F3N7O2. The molecule has 0 atom stereocenters. The van der Waals surface area contributed by atoms with Crippen molar-refractivity contribution in [2.24, 2.45) is 0 Å². The molecule has 3 aromatic heterocycles. The van der Waals surface area contributed by atoms with Gasteiger partial charge in [0.2, 0.25) is 5.88 Å². The Labute approximate surface area is 247 Å². The highest BCUT2D eigenvalue weighted by atomic mass is 19.4. The summed E-state index contributed by atoms with van der Waals surface area (Å²) in [5.41, 5.74) is 3.62. The number of rotatable bonds is 7. The van der Waals surface area contributed by atoms with Gasteiger partial charge in [-0.1, -0.05) is 18.2 Å². The van der Waals surface area contributed by atoms with Gasteiger partial charge < -0.3 is 14.6 Å². The third-order valence-electron chi connectivity index (χ3n) is 8.33. The fourth-order valence-electron chi connectivity index (χ4n) is 5.82. The number of methoxy groups -OCH3 is 1. The van der Waals surface area contributed by atoms with Crippen molar-refractivity contribution < 1.29 is 22.7 Å². The van der Waals surface area contributed by atoms with Gasteiger partial charge in [0, 0.05) is 63.1 Å². The van der Waals surface area contributed by atoms with Gasteiger partial charge in [-0.05, 0) is 61.3 Å². The number of nitrogens with one attached hydrogen (secondary N) is 1. The number of aromatic amines is 1. The molecule has 2 aliphatic heterocycles. The molecule has 9 nitrogen and oxygen atoms in total. The number of alkyl halides is 3. The summed E-state index contributed by atoms with van der Waals surface area (Å²) in [7, 11) is 1.61. The largest absolute Gasteiger partial charge is 0.481 e. The number of carbonyl (C=O) groups is 1. The molecule has 0 unspecified atom stereocenters. The first-order valence-electron chi connectivity index (χ1n) is 14.5. The zero-order valence-electron chi connectivity index (χ0n) is 24.0. The number of piperazine rings is 1. The van der Waals surface area contributed by atoms with Gasteiger partial charge in [0.15, 0.2) is 11.5 Å². The number of ether oxygens (including phenoxy) is 1. The molecule has 6 rings (SSSR count). The first-order chi connectivity index (χ1) is 20.7. The molecule has 2 saturated heterocycles. The number of benzene rings is 1. The van der Waals surface area contributed by atoms with Crippen molar-refractivity contribution in [1.29, 1.82) is 0 Å². The predicted molar refractivity (Wildman–Crippen MR) is 155 cm³/mol. The number of imidazole rings is 1. The smallest absolute Gasteiger partial charge is 0.416 e. The minimum absolute atomic E-state index is 0.171. The van der Waals surface area contributed by atoms with Crippen molar-refractivity contribution in [1.82, 2.24) is 34.6 Å². The number of H-pyrrole nitrogens is 1. The lowest BCUT2D eigenvalue weighted by Gasteiger charge is -2.34. The Kier molecular flexibility index (Phi) is 8.31. The van der Waals surface area contributed by atoms with Gasteiger partial charge in [-0.3, -0.25) is 14.6 Å². The van der Waals surface area contributed by atoms with Crippen molar-refractivity contribution in [3.63, 3.8) is 0 Å². The van der Waals surface area contributed by atoms with E-state index >= 15 is 0 Å². The summed E-state index contributed by atoms with van der Waals surface area (Å²) in [5.74, 6) is 1.06. The number of halogens is 3. The second kappa shape index (κ2) is 12.3. The Morgan fingerprint density at radius 3 is 2.21 bits per heavy atom. The quantitative estimate of drug-likeness (QED) is 0.332. The van der Waals surface area contributed by atoms with Crippen LogP contribution in [0.1, 0.15) is 51.8 Å². The van der Waals surface area contributed by atoms with Crippen molar-refractivity contribution in [3.05, 3.63) is 82.9 Å². The lowest BCUT2D eigenvalue weighted by atomic mass is 9.93. The summed E-state index contributed by atoms with van der Waals surface area (Å²) in [6.07, 6.45) is -0.481. The van der Waals surface area contributed by atoms with Crippen molar-refractivity contribution in [2.75, 3.05) is 46.4 Å². The van der Waals surface area contributed by atoms with E-state index in [4.69, 9.17) is 9.72 Å². The van der Waals surface area contributed by atoms with Crippen LogP contribution in [0.25, 0.3) is 11.2 Å². The van der Waals surface area contributed by atoms with E-state index in [9.17, 15) is 18.0 Å². The molecule has 0 aliphatic carbocycles. The van der Waals surface area contributed by atoms with Gasteiger partial charge >= 0.3 is 6.18 Å². The third-order valence-corrected chi connectivity index (χ3v) is 8.33. The number of piperidine rings is 1. The molecule has 43 heavy (non-hydrogen) atoms. The molecule has 5 heterocycles. The third kappa shape index (κ3) is 6.80. The zero-order chi connectivity index (χ0) is 30.0. The molecule has 1 N–H and O–H groups in total. The second-order valence-electron chi connectivity index (χ2n) is 11.2. The Bertz CT molecular complexity index is 1540. The van der Waals surface area contributed by atoms with Gasteiger partial charge in [-0.15, -0.1) is 0 Å². The molecular weight excluding hydrogens is 559 g/mol. The predicted octanol–water partition coefficient (Wildman–Crippen LogP) is 4.72.